The third-order valence-corrected chi connectivity index (χ3v) is 5.60. The van der Waals surface area contributed by atoms with Crippen molar-refractivity contribution in [3.63, 3.8) is 0 Å². The average molecular weight is 465 g/mol. The summed E-state index contributed by atoms with van der Waals surface area (Å²) in [6, 6.07) is 5.55. The molecule has 4 rings (SSSR count). The fraction of sp³-hybridized carbons (Fsp3) is 0.333. The number of carbonyl (C=O) groups excluding carboxylic acids is 1. The standard InChI is InChI=1S/C24H28N6O4/c1-17-26-21(15-22(27-17)30-8-7-25-16-30)28-9-11-29(12-10-28)23(31)6-5-18-13-19(32-2)24(34-4)20(14-18)33-3/h5-8,13-16H,9-12H2,1-4H3/b6-5+. The third kappa shape index (κ3) is 4.95. The molecule has 0 N–H and O–H groups in total. The normalized spacial score (nSPS) is 13.9. The molecule has 3 aromatic rings. The van der Waals surface area contributed by atoms with Gasteiger partial charge in [-0.15, -0.1) is 0 Å². The highest BCUT2D eigenvalue weighted by Gasteiger charge is 2.21. The molecule has 10 heteroatoms. The number of methoxy groups -OCH3 is 3. The molecule has 1 aliphatic rings. The van der Waals surface area contributed by atoms with Crippen LogP contribution in [0.4, 0.5) is 5.82 Å². The second-order valence-corrected chi connectivity index (χ2v) is 7.71. The lowest BCUT2D eigenvalue weighted by atomic mass is 10.1. The van der Waals surface area contributed by atoms with Gasteiger partial charge >= 0.3 is 0 Å². The van der Waals surface area contributed by atoms with Crippen molar-refractivity contribution < 1.29 is 19.0 Å². The number of ether oxygens (including phenoxy) is 3. The van der Waals surface area contributed by atoms with Gasteiger partial charge in [0.05, 0.1) is 21.3 Å². The summed E-state index contributed by atoms with van der Waals surface area (Å²) in [6.07, 6.45) is 8.60. The van der Waals surface area contributed by atoms with Gasteiger partial charge in [0, 0.05) is 50.7 Å². The van der Waals surface area contributed by atoms with Crippen LogP contribution in [-0.4, -0.2) is 77.8 Å². The molecule has 1 saturated heterocycles. The molecule has 1 aromatic carbocycles. The number of rotatable bonds is 7. The number of hydrogen-bond donors (Lipinski definition) is 0. The van der Waals surface area contributed by atoms with Crippen LogP contribution in [0.5, 0.6) is 17.2 Å². The minimum atomic E-state index is -0.0497. The van der Waals surface area contributed by atoms with E-state index in [1.165, 1.54) is 0 Å². The van der Waals surface area contributed by atoms with E-state index in [2.05, 4.69) is 19.9 Å². The lowest BCUT2D eigenvalue weighted by Gasteiger charge is -2.35. The van der Waals surface area contributed by atoms with Gasteiger partial charge in [0.15, 0.2) is 11.5 Å². The number of anilines is 1. The van der Waals surface area contributed by atoms with Gasteiger partial charge in [-0.25, -0.2) is 15.0 Å². The zero-order valence-corrected chi connectivity index (χ0v) is 19.8. The number of benzene rings is 1. The van der Waals surface area contributed by atoms with Gasteiger partial charge in [-0.05, 0) is 30.7 Å². The van der Waals surface area contributed by atoms with Crippen molar-refractivity contribution in [2.75, 3.05) is 52.4 Å². The number of imidazole rings is 1. The molecule has 10 nitrogen and oxygen atoms in total. The number of amides is 1. The van der Waals surface area contributed by atoms with E-state index in [9.17, 15) is 4.79 Å². The Balaban J connectivity index is 1.41. The zero-order chi connectivity index (χ0) is 24.1. The van der Waals surface area contributed by atoms with E-state index in [-0.39, 0.29) is 5.91 Å². The summed E-state index contributed by atoms with van der Waals surface area (Å²) >= 11 is 0. The molecule has 3 heterocycles. The van der Waals surface area contributed by atoms with Crippen molar-refractivity contribution in [3.8, 4) is 23.1 Å². The predicted molar refractivity (Wildman–Crippen MR) is 128 cm³/mol. The summed E-state index contributed by atoms with van der Waals surface area (Å²) in [7, 11) is 4.68. The predicted octanol–water partition coefficient (Wildman–Crippen LogP) is 2.36. The number of aryl methyl sites for hydroxylation is 1. The SMILES string of the molecule is COc1cc(/C=C/C(=O)N2CCN(c3cc(-n4ccnc4)nc(C)n3)CC2)cc(OC)c1OC. The van der Waals surface area contributed by atoms with Crippen molar-refractivity contribution in [2.24, 2.45) is 0 Å². The molecular formula is C24H28N6O4. The summed E-state index contributed by atoms with van der Waals surface area (Å²) in [4.78, 5) is 30.0. The van der Waals surface area contributed by atoms with Gasteiger partial charge in [0.1, 0.15) is 23.8 Å². The van der Waals surface area contributed by atoms with Crippen LogP contribution in [0.15, 0.2) is 43.0 Å². The Kier molecular flexibility index (Phi) is 6.95. The second kappa shape index (κ2) is 10.2. The average Bonchev–Trinajstić information content (AvgIpc) is 3.41. The Morgan fingerprint density at radius 1 is 0.941 bits per heavy atom. The minimum absolute atomic E-state index is 0.0497. The third-order valence-electron chi connectivity index (χ3n) is 5.60. The molecule has 1 fully saturated rings. The Morgan fingerprint density at radius 3 is 2.21 bits per heavy atom. The van der Waals surface area contributed by atoms with E-state index in [1.807, 2.05) is 28.7 Å². The highest BCUT2D eigenvalue weighted by atomic mass is 16.5. The van der Waals surface area contributed by atoms with E-state index in [0.717, 1.165) is 17.2 Å². The molecule has 2 aromatic heterocycles. The quantitative estimate of drug-likeness (QED) is 0.492. The first-order valence-corrected chi connectivity index (χ1v) is 10.9. The molecule has 0 unspecified atom stereocenters. The first-order valence-electron chi connectivity index (χ1n) is 10.9. The van der Waals surface area contributed by atoms with Gasteiger partial charge in [0.25, 0.3) is 0 Å². The van der Waals surface area contributed by atoms with Crippen LogP contribution < -0.4 is 19.1 Å². The summed E-state index contributed by atoms with van der Waals surface area (Å²) in [5.74, 6) is 3.85. The van der Waals surface area contributed by atoms with Gasteiger partial charge in [-0.1, -0.05) is 0 Å². The summed E-state index contributed by atoms with van der Waals surface area (Å²) < 4.78 is 18.0. The Bertz CT molecular complexity index is 1150. The van der Waals surface area contributed by atoms with Crippen molar-refractivity contribution in [2.45, 2.75) is 6.92 Å². The van der Waals surface area contributed by atoms with E-state index in [4.69, 9.17) is 14.2 Å². The highest BCUT2D eigenvalue weighted by molar-refractivity contribution is 5.92. The van der Waals surface area contributed by atoms with Crippen LogP contribution in [0.1, 0.15) is 11.4 Å². The first kappa shape index (κ1) is 23.1. The van der Waals surface area contributed by atoms with Crippen LogP contribution in [0.3, 0.4) is 0 Å². The molecule has 0 saturated carbocycles. The molecular weight excluding hydrogens is 436 g/mol. The number of aromatic nitrogens is 4. The smallest absolute Gasteiger partial charge is 0.246 e. The monoisotopic (exact) mass is 464 g/mol. The van der Waals surface area contributed by atoms with Crippen molar-refractivity contribution in [1.29, 1.82) is 0 Å². The van der Waals surface area contributed by atoms with E-state index < -0.39 is 0 Å². The van der Waals surface area contributed by atoms with Crippen LogP contribution >= 0.6 is 0 Å². The lowest BCUT2D eigenvalue weighted by Crippen LogP contribution is -2.48. The molecule has 178 valence electrons. The molecule has 0 bridgehead atoms. The molecule has 0 atom stereocenters. The summed E-state index contributed by atoms with van der Waals surface area (Å²) in [5, 5.41) is 0. The Labute approximate surface area is 198 Å². The fourth-order valence-corrected chi connectivity index (χ4v) is 3.85. The topological polar surface area (TPSA) is 94.8 Å². The van der Waals surface area contributed by atoms with Crippen LogP contribution in [0.25, 0.3) is 11.9 Å². The fourth-order valence-electron chi connectivity index (χ4n) is 3.85. The molecule has 0 radical (unpaired) electrons. The molecule has 0 aliphatic carbocycles. The maximum absolute atomic E-state index is 12.8. The Hall–Kier alpha value is -4.08. The zero-order valence-electron chi connectivity index (χ0n) is 19.8. The van der Waals surface area contributed by atoms with E-state index in [1.54, 1.807) is 58.1 Å². The van der Waals surface area contributed by atoms with Crippen molar-refractivity contribution in [1.82, 2.24) is 24.4 Å². The van der Waals surface area contributed by atoms with E-state index >= 15 is 0 Å². The minimum Gasteiger partial charge on any atom is -0.493 e. The number of nitrogens with zero attached hydrogens (tertiary/aromatic N) is 6. The van der Waals surface area contributed by atoms with Crippen molar-refractivity contribution >= 4 is 17.8 Å². The number of hydrogen-bond acceptors (Lipinski definition) is 8. The largest absolute Gasteiger partial charge is 0.493 e. The van der Waals surface area contributed by atoms with Gasteiger partial charge < -0.3 is 24.0 Å². The van der Waals surface area contributed by atoms with Gasteiger partial charge in [-0.2, -0.15) is 0 Å². The summed E-state index contributed by atoms with van der Waals surface area (Å²) in [6.45, 7) is 4.44. The van der Waals surface area contributed by atoms with Crippen LogP contribution in [-0.2, 0) is 4.79 Å². The second-order valence-electron chi connectivity index (χ2n) is 7.71. The highest BCUT2D eigenvalue weighted by Crippen LogP contribution is 2.38. The van der Waals surface area contributed by atoms with Gasteiger partial charge in [0.2, 0.25) is 11.7 Å². The maximum atomic E-state index is 12.8. The van der Waals surface area contributed by atoms with Crippen LogP contribution in [0.2, 0.25) is 0 Å². The molecule has 34 heavy (non-hydrogen) atoms. The molecule has 0 spiro atoms. The maximum Gasteiger partial charge on any atom is 0.246 e. The number of piperazine rings is 1. The van der Waals surface area contributed by atoms with E-state index in [0.29, 0.717) is 49.3 Å². The summed E-state index contributed by atoms with van der Waals surface area (Å²) in [5.41, 5.74) is 0.782. The van der Waals surface area contributed by atoms with Crippen LogP contribution in [0, 0.1) is 6.92 Å². The molecule has 1 aliphatic heterocycles. The number of carbonyl (C=O) groups is 1. The Morgan fingerprint density at radius 2 is 1.62 bits per heavy atom. The lowest BCUT2D eigenvalue weighted by molar-refractivity contribution is -0.126. The van der Waals surface area contributed by atoms with Gasteiger partial charge in [-0.3, -0.25) is 9.36 Å². The van der Waals surface area contributed by atoms with Crippen molar-refractivity contribution in [3.05, 3.63) is 54.4 Å². The molecule has 1 amide bonds. The first-order chi connectivity index (χ1) is 16.5.